The molecule has 0 spiro atoms. The third-order valence-corrected chi connectivity index (χ3v) is 3.90. The number of hydrogen-bond acceptors (Lipinski definition) is 4. The van der Waals surface area contributed by atoms with Crippen LogP contribution in [-0.2, 0) is 9.59 Å². The molecule has 1 aliphatic rings. The van der Waals surface area contributed by atoms with E-state index in [1.165, 1.54) is 0 Å². The standard InChI is InChI=1S/C17H25N3O3/c1-13(17(22)20-10-3-4-11-20)19-14-5-7-15(8-6-14)23-12-9-16(21)18-2/h5-8,13,19H,3-4,9-12H2,1-2H3,(H,18,21)/t13-/m1/s1. The van der Waals surface area contributed by atoms with Gasteiger partial charge in [0.15, 0.2) is 0 Å². The van der Waals surface area contributed by atoms with Gasteiger partial charge in [0.25, 0.3) is 0 Å². The topological polar surface area (TPSA) is 70.7 Å². The average molecular weight is 319 g/mol. The molecule has 1 aliphatic heterocycles. The molecule has 6 heteroatoms. The highest BCUT2D eigenvalue weighted by Crippen LogP contribution is 2.18. The van der Waals surface area contributed by atoms with Gasteiger partial charge in [-0.3, -0.25) is 9.59 Å². The minimum absolute atomic E-state index is 0.0439. The first kappa shape index (κ1) is 17.1. The van der Waals surface area contributed by atoms with Gasteiger partial charge in [-0.2, -0.15) is 0 Å². The molecule has 1 aromatic carbocycles. The summed E-state index contributed by atoms with van der Waals surface area (Å²) >= 11 is 0. The highest BCUT2D eigenvalue weighted by atomic mass is 16.5. The lowest BCUT2D eigenvalue weighted by Gasteiger charge is -2.22. The van der Waals surface area contributed by atoms with Gasteiger partial charge < -0.3 is 20.3 Å². The summed E-state index contributed by atoms with van der Waals surface area (Å²) < 4.78 is 5.50. The van der Waals surface area contributed by atoms with Gasteiger partial charge in [-0.25, -0.2) is 0 Å². The Hall–Kier alpha value is -2.24. The van der Waals surface area contributed by atoms with E-state index in [0.717, 1.165) is 31.6 Å². The van der Waals surface area contributed by atoms with Crippen LogP contribution in [0.3, 0.4) is 0 Å². The van der Waals surface area contributed by atoms with Crippen molar-refractivity contribution in [3.63, 3.8) is 0 Å². The van der Waals surface area contributed by atoms with Gasteiger partial charge in [0.05, 0.1) is 13.0 Å². The quantitative estimate of drug-likeness (QED) is 0.801. The Labute approximate surface area is 137 Å². The number of amides is 2. The Bertz CT molecular complexity index is 524. The predicted molar refractivity (Wildman–Crippen MR) is 89.5 cm³/mol. The van der Waals surface area contributed by atoms with Crippen LogP contribution in [0.5, 0.6) is 5.75 Å². The predicted octanol–water partition coefficient (Wildman–Crippen LogP) is 1.62. The molecule has 1 fully saturated rings. The van der Waals surface area contributed by atoms with Crippen molar-refractivity contribution >= 4 is 17.5 Å². The van der Waals surface area contributed by atoms with Crippen LogP contribution in [0.4, 0.5) is 5.69 Å². The lowest BCUT2D eigenvalue weighted by Crippen LogP contribution is -2.39. The molecule has 1 saturated heterocycles. The smallest absolute Gasteiger partial charge is 0.244 e. The van der Waals surface area contributed by atoms with E-state index >= 15 is 0 Å². The van der Waals surface area contributed by atoms with E-state index < -0.39 is 0 Å². The largest absolute Gasteiger partial charge is 0.493 e. The van der Waals surface area contributed by atoms with Crippen molar-refractivity contribution in [3.8, 4) is 5.75 Å². The van der Waals surface area contributed by atoms with Crippen LogP contribution in [0.25, 0.3) is 0 Å². The summed E-state index contributed by atoms with van der Waals surface area (Å²) in [5, 5.41) is 5.77. The Morgan fingerprint density at radius 3 is 2.48 bits per heavy atom. The molecular weight excluding hydrogens is 294 g/mol. The molecule has 2 N–H and O–H groups in total. The number of ether oxygens (including phenoxy) is 1. The highest BCUT2D eigenvalue weighted by Gasteiger charge is 2.22. The van der Waals surface area contributed by atoms with E-state index in [-0.39, 0.29) is 17.9 Å². The van der Waals surface area contributed by atoms with E-state index in [9.17, 15) is 9.59 Å². The van der Waals surface area contributed by atoms with Crippen molar-refractivity contribution in [2.45, 2.75) is 32.2 Å². The molecule has 0 aromatic heterocycles. The first-order valence-corrected chi connectivity index (χ1v) is 8.09. The number of hydrogen-bond donors (Lipinski definition) is 2. The molecule has 1 atom stereocenters. The van der Waals surface area contributed by atoms with Crippen molar-refractivity contribution < 1.29 is 14.3 Å². The molecule has 2 rings (SSSR count). The van der Waals surface area contributed by atoms with Gasteiger partial charge in [0, 0.05) is 25.8 Å². The zero-order chi connectivity index (χ0) is 16.7. The Morgan fingerprint density at radius 1 is 1.22 bits per heavy atom. The van der Waals surface area contributed by atoms with Gasteiger partial charge in [0.1, 0.15) is 11.8 Å². The Kier molecular flexibility index (Phi) is 6.26. The number of likely N-dealkylation sites (tertiary alicyclic amines) is 1. The maximum atomic E-state index is 12.3. The lowest BCUT2D eigenvalue weighted by molar-refractivity contribution is -0.130. The zero-order valence-electron chi connectivity index (χ0n) is 13.8. The van der Waals surface area contributed by atoms with Gasteiger partial charge in [0.2, 0.25) is 11.8 Å². The van der Waals surface area contributed by atoms with E-state index in [4.69, 9.17) is 4.74 Å². The fraction of sp³-hybridized carbons (Fsp3) is 0.529. The van der Waals surface area contributed by atoms with E-state index in [2.05, 4.69) is 10.6 Å². The summed E-state index contributed by atoms with van der Waals surface area (Å²) in [6.45, 7) is 3.96. The maximum absolute atomic E-state index is 12.3. The SMILES string of the molecule is CNC(=O)CCOc1ccc(N[C@H](C)C(=O)N2CCCC2)cc1. The number of nitrogens with zero attached hydrogens (tertiary/aromatic N) is 1. The van der Waals surface area contributed by atoms with Crippen molar-refractivity contribution in [2.24, 2.45) is 0 Å². The second-order valence-corrected chi connectivity index (χ2v) is 5.69. The van der Waals surface area contributed by atoms with Gasteiger partial charge >= 0.3 is 0 Å². The van der Waals surface area contributed by atoms with Crippen LogP contribution in [-0.4, -0.2) is 49.5 Å². The molecule has 2 amide bonds. The van der Waals surface area contributed by atoms with E-state index in [1.54, 1.807) is 7.05 Å². The van der Waals surface area contributed by atoms with Crippen molar-refractivity contribution in [3.05, 3.63) is 24.3 Å². The fourth-order valence-corrected chi connectivity index (χ4v) is 2.56. The number of nitrogens with one attached hydrogen (secondary N) is 2. The minimum atomic E-state index is -0.242. The average Bonchev–Trinajstić information content (AvgIpc) is 3.10. The zero-order valence-corrected chi connectivity index (χ0v) is 13.8. The minimum Gasteiger partial charge on any atom is -0.493 e. The lowest BCUT2D eigenvalue weighted by atomic mass is 10.2. The number of carbonyl (C=O) groups excluding carboxylic acids is 2. The molecule has 23 heavy (non-hydrogen) atoms. The van der Waals surface area contributed by atoms with Crippen LogP contribution in [0, 0.1) is 0 Å². The van der Waals surface area contributed by atoms with Gasteiger partial charge in [-0.15, -0.1) is 0 Å². The third kappa shape index (κ3) is 5.16. The van der Waals surface area contributed by atoms with Crippen molar-refractivity contribution in [1.82, 2.24) is 10.2 Å². The van der Waals surface area contributed by atoms with E-state index in [0.29, 0.717) is 18.8 Å². The highest BCUT2D eigenvalue weighted by molar-refractivity contribution is 5.84. The first-order valence-electron chi connectivity index (χ1n) is 8.09. The molecule has 0 saturated carbocycles. The molecule has 0 bridgehead atoms. The van der Waals surface area contributed by atoms with Crippen LogP contribution in [0.15, 0.2) is 24.3 Å². The summed E-state index contributed by atoms with van der Waals surface area (Å²) in [6, 6.07) is 7.18. The van der Waals surface area contributed by atoms with Crippen LogP contribution in [0.1, 0.15) is 26.2 Å². The van der Waals surface area contributed by atoms with Crippen LogP contribution in [0.2, 0.25) is 0 Å². The summed E-state index contributed by atoms with van der Waals surface area (Å²) in [6.07, 6.45) is 2.53. The number of rotatable bonds is 7. The summed E-state index contributed by atoms with van der Waals surface area (Å²) in [4.78, 5) is 25.3. The molecule has 6 nitrogen and oxygen atoms in total. The summed E-state index contributed by atoms with van der Waals surface area (Å²) in [5.74, 6) is 0.809. The van der Waals surface area contributed by atoms with Gasteiger partial charge in [-0.05, 0) is 44.0 Å². The third-order valence-electron chi connectivity index (χ3n) is 3.90. The Morgan fingerprint density at radius 2 is 1.87 bits per heavy atom. The second-order valence-electron chi connectivity index (χ2n) is 5.69. The second kappa shape index (κ2) is 8.41. The number of anilines is 1. The molecular formula is C17H25N3O3. The van der Waals surface area contributed by atoms with Crippen LogP contribution < -0.4 is 15.4 Å². The maximum Gasteiger partial charge on any atom is 0.244 e. The van der Waals surface area contributed by atoms with E-state index in [1.807, 2.05) is 36.1 Å². The normalized spacial score (nSPS) is 15.1. The summed E-state index contributed by atoms with van der Waals surface area (Å²) in [7, 11) is 1.60. The molecule has 0 aliphatic carbocycles. The number of carbonyl (C=O) groups is 2. The molecule has 126 valence electrons. The van der Waals surface area contributed by atoms with Crippen LogP contribution >= 0.6 is 0 Å². The Balaban J connectivity index is 1.79. The fourth-order valence-electron chi connectivity index (χ4n) is 2.56. The molecule has 0 unspecified atom stereocenters. The van der Waals surface area contributed by atoms with Gasteiger partial charge in [-0.1, -0.05) is 0 Å². The molecule has 1 aromatic rings. The molecule has 1 heterocycles. The summed E-state index contributed by atoms with van der Waals surface area (Å²) in [5.41, 5.74) is 0.878. The van der Waals surface area contributed by atoms with Crippen molar-refractivity contribution in [1.29, 1.82) is 0 Å². The first-order chi connectivity index (χ1) is 11.1. The van der Waals surface area contributed by atoms with Crippen molar-refractivity contribution in [2.75, 3.05) is 32.1 Å². The molecule has 0 radical (unpaired) electrons. The monoisotopic (exact) mass is 319 g/mol. The number of benzene rings is 1.